The van der Waals surface area contributed by atoms with Crippen molar-refractivity contribution >= 4 is 33.4 Å². The van der Waals surface area contributed by atoms with E-state index in [1.54, 1.807) is 28.8 Å². The summed E-state index contributed by atoms with van der Waals surface area (Å²) in [5.41, 5.74) is 1.30. The first-order chi connectivity index (χ1) is 15.8. The number of rotatable bonds is 8. The Balaban J connectivity index is 1.29. The van der Waals surface area contributed by atoms with Gasteiger partial charge in [-0.2, -0.15) is 4.31 Å². The van der Waals surface area contributed by atoms with E-state index in [4.69, 9.17) is 0 Å². The molecule has 0 unspecified atom stereocenters. The van der Waals surface area contributed by atoms with Crippen LogP contribution in [0.3, 0.4) is 0 Å². The fourth-order valence-electron chi connectivity index (χ4n) is 3.54. The molecule has 1 saturated heterocycles. The normalized spacial score (nSPS) is 14.5. The zero-order valence-corrected chi connectivity index (χ0v) is 19.7. The minimum Gasteiger partial charge on any atom is -0.326 e. The van der Waals surface area contributed by atoms with Gasteiger partial charge in [0.15, 0.2) is 11.0 Å². The van der Waals surface area contributed by atoms with E-state index in [0.717, 1.165) is 18.4 Å². The minimum atomic E-state index is -3.47. The Bertz CT molecular complexity index is 1220. The topological polar surface area (TPSA) is 97.2 Å². The molecule has 11 heteroatoms. The lowest BCUT2D eigenvalue weighted by Crippen LogP contribution is -2.27. The van der Waals surface area contributed by atoms with E-state index in [-0.39, 0.29) is 23.0 Å². The average molecular weight is 490 g/mol. The van der Waals surface area contributed by atoms with Gasteiger partial charge in [-0.3, -0.25) is 4.79 Å². The second-order valence-corrected chi connectivity index (χ2v) is 10.7. The number of hydrogen-bond acceptors (Lipinski definition) is 6. The molecule has 0 atom stereocenters. The van der Waals surface area contributed by atoms with Crippen LogP contribution in [-0.4, -0.2) is 52.2 Å². The summed E-state index contributed by atoms with van der Waals surface area (Å²) in [6, 6.07) is 12.3. The number of hydrogen-bond donors (Lipinski definition) is 1. The average Bonchev–Trinajstić information content (AvgIpc) is 3.46. The van der Waals surface area contributed by atoms with Gasteiger partial charge in [0.1, 0.15) is 5.82 Å². The molecule has 0 spiro atoms. The van der Waals surface area contributed by atoms with Gasteiger partial charge in [-0.1, -0.05) is 11.8 Å². The lowest BCUT2D eigenvalue weighted by atomic mass is 10.2. The van der Waals surface area contributed by atoms with Crippen LogP contribution in [0.1, 0.15) is 19.3 Å². The molecule has 1 amide bonds. The third-order valence-corrected chi connectivity index (χ3v) is 8.27. The first kappa shape index (κ1) is 23.4. The van der Waals surface area contributed by atoms with Gasteiger partial charge in [0, 0.05) is 43.6 Å². The fourth-order valence-corrected chi connectivity index (χ4v) is 5.90. The van der Waals surface area contributed by atoms with Gasteiger partial charge in [-0.25, -0.2) is 12.8 Å². The third kappa shape index (κ3) is 5.43. The van der Waals surface area contributed by atoms with Crippen molar-refractivity contribution in [2.24, 2.45) is 7.05 Å². The summed E-state index contributed by atoms with van der Waals surface area (Å²) in [4.78, 5) is 12.5. The number of anilines is 1. The van der Waals surface area contributed by atoms with Crippen LogP contribution in [0.4, 0.5) is 10.1 Å². The van der Waals surface area contributed by atoms with Crippen LogP contribution in [0.2, 0.25) is 0 Å². The van der Waals surface area contributed by atoms with Crippen molar-refractivity contribution in [2.75, 3.05) is 24.2 Å². The summed E-state index contributed by atoms with van der Waals surface area (Å²) in [5, 5.41) is 11.7. The van der Waals surface area contributed by atoms with E-state index >= 15 is 0 Å². The second-order valence-electron chi connectivity index (χ2n) is 7.65. The van der Waals surface area contributed by atoms with Crippen molar-refractivity contribution < 1.29 is 17.6 Å². The number of amides is 1. The lowest BCUT2D eigenvalue weighted by molar-refractivity contribution is -0.115. The van der Waals surface area contributed by atoms with Crippen molar-refractivity contribution in [3.05, 3.63) is 54.3 Å². The number of sulfonamides is 1. The number of aromatic nitrogens is 3. The number of carbonyl (C=O) groups is 1. The highest BCUT2D eigenvalue weighted by molar-refractivity contribution is 7.99. The Morgan fingerprint density at radius 3 is 2.39 bits per heavy atom. The monoisotopic (exact) mass is 489 g/mol. The molecule has 8 nitrogen and oxygen atoms in total. The van der Waals surface area contributed by atoms with Gasteiger partial charge in [0.25, 0.3) is 0 Å². The summed E-state index contributed by atoms with van der Waals surface area (Å²) >= 11 is 1.39. The summed E-state index contributed by atoms with van der Waals surface area (Å²) in [7, 11) is -1.65. The summed E-state index contributed by atoms with van der Waals surface area (Å²) < 4.78 is 41.6. The molecular formula is C22H24FN5O3S2. The fraction of sp³-hybridized carbons (Fsp3) is 0.318. The van der Waals surface area contributed by atoms with Crippen molar-refractivity contribution in [2.45, 2.75) is 29.3 Å². The molecular weight excluding hydrogens is 465 g/mol. The molecule has 0 bridgehead atoms. The molecule has 0 saturated carbocycles. The smallest absolute Gasteiger partial charge is 0.243 e. The number of carbonyl (C=O) groups excluding carboxylic acids is 1. The van der Waals surface area contributed by atoms with Gasteiger partial charge in [0.2, 0.25) is 15.9 Å². The molecule has 1 aliphatic heterocycles. The summed E-state index contributed by atoms with van der Waals surface area (Å²) in [6.45, 7) is 1.10. The molecule has 3 aromatic rings. The molecule has 1 N–H and O–H groups in total. The molecule has 1 aliphatic rings. The van der Waals surface area contributed by atoms with E-state index in [2.05, 4.69) is 15.5 Å². The number of benzene rings is 2. The second kappa shape index (κ2) is 10.0. The maximum Gasteiger partial charge on any atom is 0.243 e. The SMILES string of the molecule is Cn1c(SCCC(=O)Nc2ccc(S(=O)(=O)N3CCCC3)cc2)nnc1-c1ccc(F)cc1. The molecule has 2 aromatic carbocycles. The summed E-state index contributed by atoms with van der Waals surface area (Å²) in [6.07, 6.45) is 2.01. The van der Waals surface area contributed by atoms with Gasteiger partial charge in [-0.05, 0) is 61.4 Å². The molecule has 0 aliphatic carbocycles. The Morgan fingerprint density at radius 2 is 1.73 bits per heavy atom. The first-order valence-corrected chi connectivity index (χ1v) is 13.0. The zero-order chi connectivity index (χ0) is 23.4. The van der Waals surface area contributed by atoms with Crippen LogP contribution in [0.15, 0.2) is 58.6 Å². The van der Waals surface area contributed by atoms with Gasteiger partial charge in [0.05, 0.1) is 4.90 Å². The minimum absolute atomic E-state index is 0.182. The van der Waals surface area contributed by atoms with Gasteiger partial charge < -0.3 is 9.88 Å². The summed E-state index contributed by atoms with van der Waals surface area (Å²) in [5.74, 6) is 0.608. The van der Waals surface area contributed by atoms with Crippen LogP contribution in [-0.2, 0) is 21.9 Å². The Morgan fingerprint density at radius 1 is 1.06 bits per heavy atom. The van der Waals surface area contributed by atoms with Crippen LogP contribution in [0.25, 0.3) is 11.4 Å². The van der Waals surface area contributed by atoms with E-state index in [1.165, 1.54) is 40.3 Å². The van der Waals surface area contributed by atoms with E-state index in [1.807, 2.05) is 7.05 Å². The van der Waals surface area contributed by atoms with Gasteiger partial charge in [-0.15, -0.1) is 10.2 Å². The molecule has 2 heterocycles. The predicted molar refractivity (Wildman–Crippen MR) is 125 cm³/mol. The largest absolute Gasteiger partial charge is 0.326 e. The Hall–Kier alpha value is -2.76. The van der Waals surface area contributed by atoms with Crippen LogP contribution >= 0.6 is 11.8 Å². The van der Waals surface area contributed by atoms with Crippen LogP contribution < -0.4 is 5.32 Å². The highest BCUT2D eigenvalue weighted by Crippen LogP contribution is 2.24. The zero-order valence-electron chi connectivity index (χ0n) is 18.1. The van der Waals surface area contributed by atoms with Crippen LogP contribution in [0, 0.1) is 5.82 Å². The quantitative estimate of drug-likeness (QED) is 0.486. The maximum absolute atomic E-state index is 13.1. The number of nitrogens with one attached hydrogen (secondary N) is 1. The first-order valence-electron chi connectivity index (χ1n) is 10.5. The number of halogens is 1. The Kier molecular flexibility index (Phi) is 7.11. The molecule has 0 radical (unpaired) electrons. The maximum atomic E-state index is 13.1. The van der Waals surface area contributed by atoms with Crippen molar-refractivity contribution in [3.8, 4) is 11.4 Å². The van der Waals surface area contributed by atoms with E-state index < -0.39 is 10.0 Å². The van der Waals surface area contributed by atoms with Gasteiger partial charge >= 0.3 is 0 Å². The number of thioether (sulfide) groups is 1. The Labute approximate surface area is 196 Å². The standard InChI is InChI=1S/C22H24FN5O3S2/c1-27-21(16-4-6-17(23)7-5-16)25-26-22(27)32-15-12-20(29)24-18-8-10-19(11-9-18)33(30,31)28-13-2-3-14-28/h4-11H,2-3,12-15H2,1H3,(H,24,29). The number of nitrogens with zero attached hydrogens (tertiary/aromatic N) is 4. The highest BCUT2D eigenvalue weighted by atomic mass is 32.2. The molecule has 174 valence electrons. The van der Waals surface area contributed by atoms with E-state index in [9.17, 15) is 17.6 Å². The molecule has 4 rings (SSSR count). The van der Waals surface area contributed by atoms with Crippen molar-refractivity contribution in [3.63, 3.8) is 0 Å². The third-order valence-electron chi connectivity index (χ3n) is 5.34. The lowest BCUT2D eigenvalue weighted by Gasteiger charge is -2.15. The molecule has 1 fully saturated rings. The molecule has 1 aromatic heterocycles. The van der Waals surface area contributed by atoms with Crippen molar-refractivity contribution in [1.29, 1.82) is 0 Å². The highest BCUT2D eigenvalue weighted by Gasteiger charge is 2.26. The predicted octanol–water partition coefficient (Wildman–Crippen LogP) is 3.53. The van der Waals surface area contributed by atoms with E-state index in [0.29, 0.717) is 35.5 Å². The molecule has 33 heavy (non-hydrogen) atoms. The van der Waals surface area contributed by atoms with Crippen LogP contribution in [0.5, 0.6) is 0 Å². The van der Waals surface area contributed by atoms with Crippen molar-refractivity contribution in [1.82, 2.24) is 19.1 Å².